The van der Waals surface area contributed by atoms with Crippen LogP contribution in [0.4, 0.5) is 4.39 Å². The maximum atomic E-state index is 13.2. The zero-order valence-electron chi connectivity index (χ0n) is 18.3. The zero-order chi connectivity index (χ0) is 21.4. The van der Waals surface area contributed by atoms with E-state index in [1.54, 1.807) is 0 Å². The van der Waals surface area contributed by atoms with Crippen molar-refractivity contribution in [2.75, 3.05) is 39.8 Å². The van der Waals surface area contributed by atoms with Crippen LogP contribution in [0.5, 0.6) is 0 Å². The van der Waals surface area contributed by atoms with Gasteiger partial charge in [-0.05, 0) is 56.8 Å². The smallest absolute Gasteiger partial charge is 0.291 e. The molecular weight excluding hydrogens is 395 g/mol. The molecule has 0 bridgehead atoms. The van der Waals surface area contributed by atoms with Crippen LogP contribution in [-0.2, 0) is 18.6 Å². The number of carbonyl (C=O) groups is 1. The van der Waals surface area contributed by atoms with Crippen molar-refractivity contribution in [3.05, 3.63) is 47.3 Å². The highest BCUT2D eigenvalue weighted by atomic mass is 19.1. The molecule has 166 valence electrons. The Kier molecular flexibility index (Phi) is 5.52. The summed E-state index contributed by atoms with van der Waals surface area (Å²) in [5, 5.41) is 8.98. The standard InChI is InChI=1S/C23H31FN6O/c1-27-15-16-30-20(21(31)29-11-3-2-4-12-29)25-26-22(30)23(27)9-13-28(14-10-23)17-18-5-7-19(24)8-6-18/h5-8H,2-4,9-17H2,1H3. The van der Waals surface area contributed by atoms with Gasteiger partial charge in [0, 0.05) is 45.8 Å². The normalized spacial score (nSPS) is 21.9. The Balaban J connectivity index is 1.33. The van der Waals surface area contributed by atoms with Gasteiger partial charge in [-0.2, -0.15) is 0 Å². The number of carbonyl (C=O) groups excluding carboxylic acids is 1. The number of likely N-dealkylation sites (N-methyl/N-ethyl adjacent to an activating group) is 1. The topological polar surface area (TPSA) is 57.5 Å². The number of nitrogens with zero attached hydrogens (tertiary/aromatic N) is 6. The average Bonchev–Trinajstić information content (AvgIpc) is 3.24. The average molecular weight is 427 g/mol. The lowest BCUT2D eigenvalue weighted by Gasteiger charge is -2.49. The van der Waals surface area contributed by atoms with Crippen molar-refractivity contribution < 1.29 is 9.18 Å². The van der Waals surface area contributed by atoms with Gasteiger partial charge >= 0.3 is 0 Å². The molecule has 0 unspecified atom stereocenters. The second-order valence-corrected chi connectivity index (χ2v) is 9.21. The summed E-state index contributed by atoms with van der Waals surface area (Å²) < 4.78 is 15.3. The Hall–Kier alpha value is -2.32. The molecule has 4 heterocycles. The highest BCUT2D eigenvalue weighted by Gasteiger charge is 2.47. The second kappa shape index (κ2) is 8.31. The number of aromatic nitrogens is 3. The van der Waals surface area contributed by atoms with Crippen LogP contribution in [0.2, 0.25) is 0 Å². The molecule has 0 saturated carbocycles. The highest BCUT2D eigenvalue weighted by Crippen LogP contribution is 2.40. The van der Waals surface area contributed by atoms with Gasteiger partial charge in [-0.25, -0.2) is 4.39 Å². The predicted molar refractivity (Wildman–Crippen MR) is 115 cm³/mol. The van der Waals surface area contributed by atoms with E-state index < -0.39 is 0 Å². The molecule has 1 spiro atoms. The summed E-state index contributed by atoms with van der Waals surface area (Å²) in [6, 6.07) is 6.78. The van der Waals surface area contributed by atoms with Gasteiger partial charge in [-0.3, -0.25) is 14.6 Å². The van der Waals surface area contributed by atoms with Crippen molar-refractivity contribution in [1.29, 1.82) is 0 Å². The van der Waals surface area contributed by atoms with E-state index in [0.29, 0.717) is 5.82 Å². The maximum Gasteiger partial charge on any atom is 0.291 e. The minimum Gasteiger partial charge on any atom is -0.336 e. The number of amides is 1. The van der Waals surface area contributed by atoms with E-state index in [1.807, 2.05) is 17.0 Å². The fourth-order valence-electron chi connectivity index (χ4n) is 5.42. The van der Waals surface area contributed by atoms with E-state index in [1.165, 1.54) is 18.6 Å². The molecule has 3 aliphatic rings. The second-order valence-electron chi connectivity index (χ2n) is 9.21. The molecule has 0 aliphatic carbocycles. The Labute approximate surface area is 182 Å². The van der Waals surface area contributed by atoms with Crippen LogP contribution >= 0.6 is 0 Å². The van der Waals surface area contributed by atoms with E-state index in [2.05, 4.69) is 31.6 Å². The first kappa shape index (κ1) is 20.6. The molecule has 1 amide bonds. The summed E-state index contributed by atoms with van der Waals surface area (Å²) >= 11 is 0. The molecule has 2 saturated heterocycles. The first-order valence-corrected chi connectivity index (χ1v) is 11.5. The molecule has 3 aliphatic heterocycles. The number of likely N-dealkylation sites (tertiary alicyclic amines) is 2. The molecule has 7 nitrogen and oxygen atoms in total. The van der Waals surface area contributed by atoms with Crippen molar-refractivity contribution >= 4 is 5.91 Å². The van der Waals surface area contributed by atoms with Gasteiger partial charge in [0.2, 0.25) is 5.82 Å². The van der Waals surface area contributed by atoms with Gasteiger partial charge in [-0.1, -0.05) is 12.1 Å². The van der Waals surface area contributed by atoms with Crippen LogP contribution in [0.15, 0.2) is 24.3 Å². The van der Waals surface area contributed by atoms with E-state index in [-0.39, 0.29) is 17.3 Å². The number of hydrogen-bond acceptors (Lipinski definition) is 5. The quantitative estimate of drug-likeness (QED) is 0.755. The number of fused-ring (bicyclic) bond motifs is 2. The first-order chi connectivity index (χ1) is 15.1. The van der Waals surface area contributed by atoms with Crippen LogP contribution < -0.4 is 0 Å². The largest absolute Gasteiger partial charge is 0.336 e. The minimum absolute atomic E-state index is 0.0342. The number of piperidine rings is 2. The molecule has 0 radical (unpaired) electrons. The van der Waals surface area contributed by atoms with Gasteiger partial charge in [0.1, 0.15) is 5.82 Å². The molecule has 1 aromatic carbocycles. The number of halogens is 1. The monoisotopic (exact) mass is 426 g/mol. The molecule has 2 aromatic rings. The molecule has 1 aromatic heterocycles. The number of rotatable bonds is 3. The Morgan fingerprint density at radius 2 is 1.68 bits per heavy atom. The van der Waals surface area contributed by atoms with Gasteiger partial charge < -0.3 is 9.47 Å². The van der Waals surface area contributed by atoms with Crippen LogP contribution in [0.3, 0.4) is 0 Å². The van der Waals surface area contributed by atoms with E-state index in [0.717, 1.165) is 82.9 Å². The van der Waals surface area contributed by atoms with E-state index in [9.17, 15) is 9.18 Å². The summed E-state index contributed by atoms with van der Waals surface area (Å²) in [5.41, 5.74) is 0.956. The third-order valence-corrected chi connectivity index (χ3v) is 7.39. The number of hydrogen-bond donors (Lipinski definition) is 0. The molecule has 2 fully saturated rings. The van der Waals surface area contributed by atoms with Crippen molar-refractivity contribution in [2.24, 2.45) is 0 Å². The molecule has 0 N–H and O–H groups in total. The fraction of sp³-hybridized carbons (Fsp3) is 0.609. The lowest BCUT2D eigenvalue weighted by atomic mass is 9.83. The van der Waals surface area contributed by atoms with Gasteiger partial charge in [0.05, 0.1) is 5.54 Å². The SMILES string of the molecule is CN1CCn2c(C(=O)N3CCCCC3)nnc2C12CCN(Cc1ccc(F)cc1)CC2. The summed E-state index contributed by atoms with van der Waals surface area (Å²) in [6.45, 7) is 5.99. The van der Waals surface area contributed by atoms with Crippen molar-refractivity contribution in [2.45, 2.75) is 50.7 Å². The first-order valence-electron chi connectivity index (χ1n) is 11.5. The van der Waals surface area contributed by atoms with E-state index >= 15 is 0 Å². The summed E-state index contributed by atoms with van der Waals surface area (Å²) in [7, 11) is 2.17. The number of benzene rings is 1. The Morgan fingerprint density at radius 1 is 0.968 bits per heavy atom. The molecule has 5 rings (SSSR count). The highest BCUT2D eigenvalue weighted by molar-refractivity contribution is 5.90. The maximum absolute atomic E-state index is 13.2. The molecule has 0 atom stereocenters. The lowest BCUT2D eigenvalue weighted by molar-refractivity contribution is 0.00589. The van der Waals surface area contributed by atoms with Crippen LogP contribution in [0.25, 0.3) is 0 Å². The molecule has 8 heteroatoms. The van der Waals surface area contributed by atoms with Gasteiger partial charge in [0.15, 0.2) is 5.82 Å². The Morgan fingerprint density at radius 3 is 2.39 bits per heavy atom. The zero-order valence-corrected chi connectivity index (χ0v) is 18.3. The summed E-state index contributed by atoms with van der Waals surface area (Å²) in [5.74, 6) is 1.30. The Bertz CT molecular complexity index is 928. The lowest BCUT2D eigenvalue weighted by Crippen LogP contribution is -2.56. The fourth-order valence-corrected chi connectivity index (χ4v) is 5.42. The summed E-state index contributed by atoms with van der Waals surface area (Å²) in [4.78, 5) is 19.9. The van der Waals surface area contributed by atoms with Gasteiger partial charge in [-0.15, -0.1) is 10.2 Å². The third-order valence-electron chi connectivity index (χ3n) is 7.39. The summed E-state index contributed by atoms with van der Waals surface area (Å²) in [6.07, 6.45) is 5.23. The predicted octanol–water partition coefficient (Wildman–Crippen LogP) is 2.48. The van der Waals surface area contributed by atoms with Crippen LogP contribution in [0, 0.1) is 5.82 Å². The minimum atomic E-state index is -0.195. The van der Waals surface area contributed by atoms with Crippen molar-refractivity contribution in [1.82, 2.24) is 29.5 Å². The van der Waals surface area contributed by atoms with Crippen molar-refractivity contribution in [3.8, 4) is 0 Å². The van der Waals surface area contributed by atoms with Crippen molar-refractivity contribution in [3.63, 3.8) is 0 Å². The van der Waals surface area contributed by atoms with E-state index in [4.69, 9.17) is 0 Å². The van der Waals surface area contributed by atoms with Gasteiger partial charge in [0.25, 0.3) is 5.91 Å². The van der Waals surface area contributed by atoms with Crippen LogP contribution in [-0.4, -0.2) is 75.1 Å². The molecule has 31 heavy (non-hydrogen) atoms. The van der Waals surface area contributed by atoms with Crippen LogP contribution in [0.1, 0.15) is 54.1 Å². The third kappa shape index (κ3) is 3.76. The molecular formula is C23H31FN6O.